The molecule has 1 aromatic rings. The van der Waals surface area contributed by atoms with Crippen molar-refractivity contribution < 1.29 is 4.74 Å². The van der Waals surface area contributed by atoms with E-state index in [9.17, 15) is 0 Å². The van der Waals surface area contributed by atoms with Crippen LogP contribution in [0.2, 0.25) is 0 Å². The molecule has 0 unspecified atom stereocenters. The number of aliphatic imine (C=N–C) groups is 2. The molecule has 0 aromatic carbocycles. The van der Waals surface area contributed by atoms with Gasteiger partial charge in [0.25, 0.3) is 0 Å². The maximum atomic E-state index is 5.78. The molecule has 1 aliphatic rings. The summed E-state index contributed by atoms with van der Waals surface area (Å²) in [6.45, 7) is 8.80. The van der Waals surface area contributed by atoms with Crippen molar-refractivity contribution in [3.8, 4) is 0 Å². The maximum absolute atomic E-state index is 5.78. The van der Waals surface area contributed by atoms with Gasteiger partial charge in [0.05, 0.1) is 23.8 Å². The van der Waals surface area contributed by atoms with E-state index in [-0.39, 0.29) is 6.00 Å². The summed E-state index contributed by atoms with van der Waals surface area (Å²) < 4.78 is 5.36. The number of amidine groups is 1. The summed E-state index contributed by atoms with van der Waals surface area (Å²) in [5.41, 5.74) is 0.882. The molecule has 1 aromatic heterocycles. The number of hydrogen-bond donors (Lipinski definition) is 0. The SMILES string of the molecule is C=Nc1cc(C)sc1/C(=N\CCl)N1CCOCC1. The molecule has 0 saturated carbocycles. The van der Waals surface area contributed by atoms with Gasteiger partial charge in [-0.1, -0.05) is 0 Å². The maximum Gasteiger partial charge on any atom is 0.144 e. The Balaban J connectivity index is 2.34. The Labute approximate surface area is 116 Å². The van der Waals surface area contributed by atoms with Gasteiger partial charge >= 0.3 is 0 Å². The van der Waals surface area contributed by atoms with Gasteiger partial charge in [0.1, 0.15) is 11.8 Å². The summed E-state index contributed by atoms with van der Waals surface area (Å²) in [7, 11) is 0. The third-order valence-electron chi connectivity index (χ3n) is 2.73. The first-order valence-electron chi connectivity index (χ1n) is 5.77. The van der Waals surface area contributed by atoms with Gasteiger partial charge in [-0.3, -0.25) is 9.98 Å². The fraction of sp³-hybridized carbons (Fsp3) is 0.500. The zero-order valence-electron chi connectivity index (χ0n) is 10.4. The molecule has 1 aliphatic heterocycles. The van der Waals surface area contributed by atoms with Gasteiger partial charge < -0.3 is 9.64 Å². The monoisotopic (exact) mass is 285 g/mol. The first kappa shape index (κ1) is 13.5. The van der Waals surface area contributed by atoms with Gasteiger partial charge in [-0.05, 0) is 19.7 Å². The number of halogens is 1. The first-order valence-corrected chi connectivity index (χ1v) is 7.12. The van der Waals surface area contributed by atoms with Gasteiger partial charge in [-0.25, -0.2) is 0 Å². The van der Waals surface area contributed by atoms with Crippen LogP contribution in [-0.2, 0) is 4.74 Å². The van der Waals surface area contributed by atoms with Crippen LogP contribution in [-0.4, -0.2) is 49.8 Å². The van der Waals surface area contributed by atoms with Crippen LogP contribution in [0.3, 0.4) is 0 Å². The van der Waals surface area contributed by atoms with E-state index in [4.69, 9.17) is 16.3 Å². The Morgan fingerprint density at radius 3 is 2.89 bits per heavy atom. The molecule has 0 spiro atoms. The largest absolute Gasteiger partial charge is 0.378 e. The lowest BCUT2D eigenvalue weighted by Crippen LogP contribution is -2.41. The molecular formula is C12H16ClN3OS. The summed E-state index contributed by atoms with van der Waals surface area (Å²) in [4.78, 5) is 12.9. The Hall–Kier alpha value is -0.910. The molecule has 0 bridgehead atoms. The van der Waals surface area contributed by atoms with E-state index in [1.54, 1.807) is 11.3 Å². The zero-order chi connectivity index (χ0) is 13.0. The van der Waals surface area contributed by atoms with Crippen molar-refractivity contribution in [3.05, 3.63) is 15.8 Å². The van der Waals surface area contributed by atoms with Gasteiger partial charge in [0, 0.05) is 18.0 Å². The van der Waals surface area contributed by atoms with E-state index in [0.717, 1.165) is 42.7 Å². The third kappa shape index (κ3) is 2.91. The molecule has 98 valence electrons. The highest BCUT2D eigenvalue weighted by atomic mass is 35.5. The van der Waals surface area contributed by atoms with Crippen LogP contribution in [0.15, 0.2) is 16.1 Å². The van der Waals surface area contributed by atoms with Crippen molar-refractivity contribution in [2.45, 2.75) is 6.92 Å². The number of nitrogens with zero attached hydrogens (tertiary/aromatic N) is 3. The van der Waals surface area contributed by atoms with Crippen molar-refractivity contribution in [2.75, 3.05) is 32.3 Å². The predicted octanol–water partition coefficient (Wildman–Crippen LogP) is 2.66. The number of alkyl halides is 1. The lowest BCUT2D eigenvalue weighted by molar-refractivity contribution is 0.0683. The smallest absolute Gasteiger partial charge is 0.144 e. The predicted molar refractivity (Wildman–Crippen MR) is 77.9 cm³/mol. The molecule has 2 rings (SSSR count). The van der Waals surface area contributed by atoms with Crippen LogP contribution in [0.4, 0.5) is 5.69 Å². The normalized spacial score (nSPS) is 17.0. The second-order valence-corrected chi connectivity index (χ2v) is 5.43. The lowest BCUT2D eigenvalue weighted by Gasteiger charge is -2.29. The van der Waals surface area contributed by atoms with Crippen LogP contribution in [0.1, 0.15) is 9.75 Å². The number of morpholine rings is 1. The molecule has 0 radical (unpaired) electrons. The van der Waals surface area contributed by atoms with Crippen molar-refractivity contribution in [1.29, 1.82) is 0 Å². The number of rotatable bonds is 3. The Kier molecular flexibility index (Phi) is 4.74. The molecule has 0 atom stereocenters. The molecule has 1 fully saturated rings. The van der Waals surface area contributed by atoms with Gasteiger partial charge in [0.15, 0.2) is 0 Å². The van der Waals surface area contributed by atoms with Crippen molar-refractivity contribution in [1.82, 2.24) is 4.90 Å². The summed E-state index contributed by atoms with van der Waals surface area (Å²) in [5.74, 6) is 0.911. The quantitative estimate of drug-likeness (QED) is 0.371. The molecule has 2 heterocycles. The van der Waals surface area contributed by atoms with E-state index < -0.39 is 0 Å². The molecule has 0 aliphatic carbocycles. The molecule has 4 nitrogen and oxygen atoms in total. The number of ether oxygens (including phenoxy) is 1. The van der Waals surface area contributed by atoms with E-state index >= 15 is 0 Å². The van der Waals surface area contributed by atoms with E-state index in [1.165, 1.54) is 4.88 Å². The summed E-state index contributed by atoms with van der Waals surface area (Å²) in [6.07, 6.45) is 0. The molecule has 1 saturated heterocycles. The Bertz CT molecular complexity index is 452. The van der Waals surface area contributed by atoms with E-state index in [1.807, 2.05) is 6.07 Å². The average Bonchev–Trinajstić information content (AvgIpc) is 2.78. The number of thiophene rings is 1. The average molecular weight is 286 g/mol. The number of hydrogen-bond acceptors (Lipinski definition) is 4. The molecule has 0 amide bonds. The molecule has 0 N–H and O–H groups in total. The van der Waals surface area contributed by atoms with Crippen LogP contribution in [0.25, 0.3) is 0 Å². The minimum Gasteiger partial charge on any atom is -0.378 e. The standard InChI is InChI=1S/C12H16ClN3OS/c1-9-7-10(14-2)11(18-9)12(15-8-13)16-3-5-17-6-4-16/h7H,2-6,8H2,1H3/b15-12+. The first-order chi connectivity index (χ1) is 8.76. The van der Waals surface area contributed by atoms with Crippen LogP contribution in [0.5, 0.6) is 0 Å². The van der Waals surface area contributed by atoms with Crippen molar-refractivity contribution in [3.63, 3.8) is 0 Å². The van der Waals surface area contributed by atoms with Gasteiger partial charge in [-0.15, -0.1) is 22.9 Å². The van der Waals surface area contributed by atoms with E-state index in [0.29, 0.717) is 0 Å². The van der Waals surface area contributed by atoms with Crippen LogP contribution in [0, 0.1) is 6.92 Å². The zero-order valence-corrected chi connectivity index (χ0v) is 11.9. The highest BCUT2D eigenvalue weighted by molar-refractivity contribution is 7.14. The van der Waals surface area contributed by atoms with Crippen molar-refractivity contribution in [2.24, 2.45) is 9.98 Å². The summed E-state index contributed by atoms with van der Waals surface area (Å²) in [6, 6.07) is 2.28. The fourth-order valence-corrected chi connectivity index (χ4v) is 3.04. The molecular weight excluding hydrogens is 270 g/mol. The minimum absolute atomic E-state index is 0.250. The molecule has 18 heavy (non-hydrogen) atoms. The van der Waals surface area contributed by atoms with Gasteiger partial charge in [0.2, 0.25) is 0 Å². The second kappa shape index (κ2) is 6.31. The summed E-state index contributed by atoms with van der Waals surface area (Å²) in [5, 5.41) is 0. The second-order valence-electron chi connectivity index (χ2n) is 3.93. The summed E-state index contributed by atoms with van der Waals surface area (Å²) >= 11 is 7.46. The highest BCUT2D eigenvalue weighted by Crippen LogP contribution is 2.30. The fourth-order valence-electron chi connectivity index (χ4n) is 1.93. The van der Waals surface area contributed by atoms with Crippen molar-refractivity contribution >= 4 is 41.2 Å². The number of aryl methyl sites for hydroxylation is 1. The topological polar surface area (TPSA) is 37.2 Å². The van der Waals surface area contributed by atoms with Crippen LogP contribution < -0.4 is 0 Å². The highest BCUT2D eigenvalue weighted by Gasteiger charge is 2.20. The van der Waals surface area contributed by atoms with Crippen LogP contribution >= 0.6 is 22.9 Å². The van der Waals surface area contributed by atoms with Gasteiger partial charge in [-0.2, -0.15) is 0 Å². The third-order valence-corrected chi connectivity index (χ3v) is 3.88. The van der Waals surface area contributed by atoms with E-state index in [2.05, 4.69) is 28.5 Å². The lowest BCUT2D eigenvalue weighted by atomic mass is 10.3. The Morgan fingerprint density at radius 1 is 1.56 bits per heavy atom. The Morgan fingerprint density at radius 2 is 2.28 bits per heavy atom. The minimum atomic E-state index is 0.250. The molecule has 6 heteroatoms.